The summed E-state index contributed by atoms with van der Waals surface area (Å²) in [6.07, 6.45) is 4.52. The van der Waals surface area contributed by atoms with Gasteiger partial charge in [0.1, 0.15) is 6.26 Å². The molecule has 3 rings (SSSR count). The molecule has 0 amide bonds. The highest BCUT2D eigenvalue weighted by molar-refractivity contribution is 14.0. The first-order valence-electron chi connectivity index (χ1n) is 8.73. The van der Waals surface area contributed by atoms with E-state index in [1.807, 2.05) is 26.2 Å². The maximum Gasteiger partial charge on any atom is 0.193 e. The van der Waals surface area contributed by atoms with Crippen molar-refractivity contribution >= 4 is 29.9 Å². The van der Waals surface area contributed by atoms with Crippen LogP contribution in [0.5, 0.6) is 0 Å². The number of rotatable bonds is 5. The molecule has 0 aromatic carbocycles. The Hall–Kier alpha value is -1.68. The number of halogens is 1. The molecule has 26 heavy (non-hydrogen) atoms. The Balaban J connectivity index is 0.00000243. The Morgan fingerprint density at radius 2 is 2.04 bits per heavy atom. The fourth-order valence-electron chi connectivity index (χ4n) is 2.96. The summed E-state index contributed by atoms with van der Waals surface area (Å²) in [5.41, 5.74) is 3.28. The standard InChI is InChI=1S/C18H26N6O.HI/c1-15-3-4-16(13-21-15)5-7-20-18(19-2)24-10-8-23(9-11-24)14-17-6-12-25-22-17;/h3-4,6,12-13H,5,7-11,14H2,1-2H3,(H,19,20);1H. The number of hydrogen-bond acceptors (Lipinski definition) is 5. The zero-order chi connectivity index (χ0) is 17.5. The Bertz CT molecular complexity index is 665. The third kappa shape index (κ3) is 5.94. The second kappa shape index (κ2) is 10.5. The summed E-state index contributed by atoms with van der Waals surface area (Å²) in [6, 6.07) is 6.11. The van der Waals surface area contributed by atoms with E-state index in [1.165, 1.54) is 5.56 Å². The van der Waals surface area contributed by atoms with Crippen LogP contribution in [0.25, 0.3) is 0 Å². The van der Waals surface area contributed by atoms with Crippen LogP contribution in [0.4, 0.5) is 0 Å². The highest BCUT2D eigenvalue weighted by Crippen LogP contribution is 2.07. The molecule has 0 unspecified atom stereocenters. The van der Waals surface area contributed by atoms with Crippen LogP contribution in [0, 0.1) is 6.92 Å². The number of aliphatic imine (C=N–C) groups is 1. The molecule has 7 nitrogen and oxygen atoms in total. The first kappa shape index (κ1) is 20.6. The van der Waals surface area contributed by atoms with Crippen LogP contribution < -0.4 is 5.32 Å². The number of piperazine rings is 1. The maximum atomic E-state index is 4.90. The van der Waals surface area contributed by atoms with Crippen molar-refractivity contribution < 1.29 is 4.52 Å². The van der Waals surface area contributed by atoms with Crippen LogP contribution in [-0.2, 0) is 13.0 Å². The summed E-state index contributed by atoms with van der Waals surface area (Å²) < 4.78 is 4.90. The Labute approximate surface area is 171 Å². The molecule has 142 valence electrons. The van der Waals surface area contributed by atoms with E-state index in [-0.39, 0.29) is 24.0 Å². The van der Waals surface area contributed by atoms with Crippen molar-refractivity contribution in [2.24, 2.45) is 4.99 Å². The highest BCUT2D eigenvalue weighted by Gasteiger charge is 2.20. The maximum absolute atomic E-state index is 4.90. The van der Waals surface area contributed by atoms with Crippen LogP contribution in [0.15, 0.2) is 40.2 Å². The molecule has 8 heteroatoms. The molecule has 2 aromatic heterocycles. The van der Waals surface area contributed by atoms with Gasteiger partial charge >= 0.3 is 0 Å². The third-order valence-electron chi connectivity index (χ3n) is 4.43. The van der Waals surface area contributed by atoms with E-state index < -0.39 is 0 Å². The van der Waals surface area contributed by atoms with Gasteiger partial charge in [-0.2, -0.15) is 0 Å². The fourth-order valence-corrected chi connectivity index (χ4v) is 2.96. The van der Waals surface area contributed by atoms with Crippen molar-refractivity contribution in [2.75, 3.05) is 39.8 Å². The minimum absolute atomic E-state index is 0. The Morgan fingerprint density at radius 3 is 2.65 bits per heavy atom. The van der Waals surface area contributed by atoms with Gasteiger partial charge in [0, 0.05) is 64.3 Å². The molecular formula is C18H27IN6O. The molecule has 3 heterocycles. The smallest absolute Gasteiger partial charge is 0.193 e. The first-order valence-corrected chi connectivity index (χ1v) is 8.73. The molecule has 2 aromatic rings. The number of aryl methyl sites for hydroxylation is 1. The molecule has 0 spiro atoms. The number of pyridine rings is 1. The molecule has 0 saturated carbocycles. The van der Waals surface area contributed by atoms with Crippen molar-refractivity contribution in [3.63, 3.8) is 0 Å². The molecule has 1 aliphatic rings. The van der Waals surface area contributed by atoms with Crippen molar-refractivity contribution in [1.82, 2.24) is 25.3 Å². The molecule has 1 N–H and O–H groups in total. The van der Waals surface area contributed by atoms with Crippen LogP contribution >= 0.6 is 24.0 Å². The van der Waals surface area contributed by atoms with E-state index in [1.54, 1.807) is 6.26 Å². The second-order valence-electron chi connectivity index (χ2n) is 6.29. The normalized spacial score (nSPS) is 15.6. The monoisotopic (exact) mass is 470 g/mol. The number of hydrogen-bond donors (Lipinski definition) is 1. The average molecular weight is 470 g/mol. The molecule has 0 aliphatic carbocycles. The largest absolute Gasteiger partial charge is 0.364 e. The van der Waals surface area contributed by atoms with E-state index >= 15 is 0 Å². The van der Waals surface area contributed by atoms with Gasteiger partial charge in [0.05, 0.1) is 5.69 Å². The Morgan fingerprint density at radius 1 is 1.23 bits per heavy atom. The SMILES string of the molecule is CN=C(NCCc1ccc(C)nc1)N1CCN(Cc2ccon2)CC1.I. The number of nitrogens with zero attached hydrogens (tertiary/aromatic N) is 5. The number of aromatic nitrogens is 2. The van der Waals surface area contributed by atoms with Crippen molar-refractivity contribution in [3.05, 3.63) is 47.6 Å². The van der Waals surface area contributed by atoms with Gasteiger partial charge in [-0.25, -0.2) is 0 Å². The van der Waals surface area contributed by atoms with Gasteiger partial charge in [0.2, 0.25) is 0 Å². The van der Waals surface area contributed by atoms with Crippen molar-refractivity contribution in [2.45, 2.75) is 19.9 Å². The van der Waals surface area contributed by atoms with Gasteiger partial charge < -0.3 is 14.7 Å². The molecule has 1 aliphatic heterocycles. The fraction of sp³-hybridized carbons (Fsp3) is 0.500. The van der Waals surface area contributed by atoms with Crippen LogP contribution in [-0.4, -0.2) is 65.7 Å². The zero-order valence-corrected chi connectivity index (χ0v) is 17.7. The molecular weight excluding hydrogens is 443 g/mol. The third-order valence-corrected chi connectivity index (χ3v) is 4.43. The summed E-state index contributed by atoms with van der Waals surface area (Å²) in [5.74, 6) is 0.973. The zero-order valence-electron chi connectivity index (χ0n) is 15.4. The van der Waals surface area contributed by atoms with Gasteiger partial charge in [-0.15, -0.1) is 24.0 Å². The number of nitrogens with one attached hydrogen (secondary N) is 1. The molecule has 0 atom stereocenters. The predicted molar refractivity (Wildman–Crippen MR) is 113 cm³/mol. The van der Waals surface area contributed by atoms with E-state index in [2.05, 4.69) is 42.4 Å². The van der Waals surface area contributed by atoms with E-state index in [9.17, 15) is 0 Å². The van der Waals surface area contributed by atoms with E-state index in [0.717, 1.165) is 63.0 Å². The summed E-state index contributed by atoms with van der Waals surface area (Å²) >= 11 is 0. The topological polar surface area (TPSA) is 69.8 Å². The lowest BCUT2D eigenvalue weighted by molar-refractivity contribution is 0.169. The summed E-state index contributed by atoms with van der Waals surface area (Å²) in [4.78, 5) is 13.5. The van der Waals surface area contributed by atoms with Gasteiger partial charge in [-0.05, 0) is 25.0 Å². The van der Waals surface area contributed by atoms with Crippen LogP contribution in [0.2, 0.25) is 0 Å². The molecule has 1 saturated heterocycles. The summed E-state index contributed by atoms with van der Waals surface area (Å²) in [7, 11) is 1.84. The quantitative estimate of drug-likeness (QED) is 0.409. The molecule has 1 fully saturated rings. The highest BCUT2D eigenvalue weighted by atomic mass is 127. The average Bonchev–Trinajstić information content (AvgIpc) is 3.14. The second-order valence-corrected chi connectivity index (χ2v) is 6.29. The van der Waals surface area contributed by atoms with Crippen LogP contribution in [0.3, 0.4) is 0 Å². The minimum atomic E-state index is 0. The molecule has 0 bridgehead atoms. The summed E-state index contributed by atoms with van der Waals surface area (Å²) in [5, 5.41) is 7.45. The number of guanidine groups is 1. The predicted octanol–water partition coefficient (Wildman–Crippen LogP) is 1.93. The van der Waals surface area contributed by atoms with Gasteiger partial charge in [-0.3, -0.25) is 14.9 Å². The Kier molecular flexibility index (Phi) is 8.30. The molecule has 0 radical (unpaired) electrons. The van der Waals surface area contributed by atoms with Gasteiger partial charge in [0.15, 0.2) is 5.96 Å². The first-order chi connectivity index (χ1) is 12.2. The van der Waals surface area contributed by atoms with Crippen LogP contribution in [0.1, 0.15) is 17.0 Å². The van der Waals surface area contributed by atoms with Crippen molar-refractivity contribution in [1.29, 1.82) is 0 Å². The van der Waals surface area contributed by atoms with E-state index in [4.69, 9.17) is 4.52 Å². The lowest BCUT2D eigenvalue weighted by Crippen LogP contribution is -2.52. The lowest BCUT2D eigenvalue weighted by Gasteiger charge is -2.36. The van der Waals surface area contributed by atoms with Gasteiger partial charge in [-0.1, -0.05) is 11.2 Å². The van der Waals surface area contributed by atoms with Gasteiger partial charge in [0.25, 0.3) is 0 Å². The van der Waals surface area contributed by atoms with E-state index in [0.29, 0.717) is 0 Å². The minimum Gasteiger partial charge on any atom is -0.364 e. The lowest BCUT2D eigenvalue weighted by atomic mass is 10.2. The summed E-state index contributed by atoms with van der Waals surface area (Å²) in [6.45, 7) is 7.62. The van der Waals surface area contributed by atoms with Crippen molar-refractivity contribution in [3.8, 4) is 0 Å².